The van der Waals surface area contributed by atoms with E-state index in [2.05, 4.69) is 5.32 Å². The number of rotatable bonds is 3. The lowest BCUT2D eigenvalue weighted by Gasteiger charge is -2.20. The monoisotopic (exact) mass is 325 g/mol. The largest absolute Gasteiger partial charge is 0.444 e. The molecule has 0 radical (unpaired) electrons. The van der Waals surface area contributed by atoms with Crippen molar-refractivity contribution in [1.82, 2.24) is 0 Å². The average Bonchev–Trinajstić information content (AvgIpc) is 2.89. The zero-order valence-electron chi connectivity index (χ0n) is 12.9. The first-order valence-corrected chi connectivity index (χ1v) is 7.55. The molecule has 0 bridgehead atoms. The summed E-state index contributed by atoms with van der Waals surface area (Å²) in [5.74, 6) is -0.236. The predicted molar refractivity (Wildman–Crippen MR) is 84.6 cm³/mol. The lowest BCUT2D eigenvalue weighted by atomic mass is 9.96. The maximum absolute atomic E-state index is 12.5. The van der Waals surface area contributed by atoms with E-state index >= 15 is 0 Å². The molecule has 1 aliphatic heterocycles. The maximum Gasteiger partial charge on any atom is 0.412 e. The minimum atomic E-state index is -0.619. The molecule has 1 amide bonds. The van der Waals surface area contributed by atoms with Gasteiger partial charge in [0.05, 0.1) is 12.3 Å². The molecule has 0 unspecified atom stereocenters. The minimum Gasteiger partial charge on any atom is -0.444 e. The molecule has 0 spiro atoms. The normalized spacial score (nSPS) is 18.1. The first-order valence-electron chi connectivity index (χ1n) is 7.18. The predicted octanol–water partition coefficient (Wildman–Crippen LogP) is 3.91. The highest BCUT2D eigenvalue weighted by molar-refractivity contribution is 6.31. The van der Waals surface area contributed by atoms with E-state index in [0.29, 0.717) is 35.9 Å². The number of amides is 1. The van der Waals surface area contributed by atoms with Gasteiger partial charge in [-0.2, -0.15) is 0 Å². The van der Waals surface area contributed by atoms with Crippen LogP contribution in [0.1, 0.15) is 37.6 Å². The fourth-order valence-electron chi connectivity index (χ4n) is 2.21. The van der Waals surface area contributed by atoms with Crippen molar-refractivity contribution in [2.75, 3.05) is 18.5 Å². The molecule has 1 atom stereocenters. The number of ketones is 1. The number of nitrogens with one attached hydrogen (secondary N) is 1. The average molecular weight is 326 g/mol. The Balaban J connectivity index is 2.20. The summed E-state index contributed by atoms with van der Waals surface area (Å²) in [6.45, 7) is 6.30. The van der Waals surface area contributed by atoms with Gasteiger partial charge in [0.1, 0.15) is 5.60 Å². The summed E-state index contributed by atoms with van der Waals surface area (Å²) >= 11 is 5.97. The number of hydrogen-bond donors (Lipinski definition) is 1. The molecule has 120 valence electrons. The SMILES string of the molecule is CC(C)(C)OC(=O)Nc1cc(Cl)ccc1C(=O)[C@H]1CCOC1. The van der Waals surface area contributed by atoms with Gasteiger partial charge >= 0.3 is 6.09 Å². The Hall–Kier alpha value is -1.59. The first kappa shape index (κ1) is 16.8. The third-order valence-corrected chi connectivity index (χ3v) is 3.42. The number of halogens is 1. The smallest absolute Gasteiger partial charge is 0.412 e. The zero-order chi connectivity index (χ0) is 16.3. The fraction of sp³-hybridized carbons (Fsp3) is 0.500. The van der Waals surface area contributed by atoms with Crippen LogP contribution in [-0.4, -0.2) is 30.7 Å². The Morgan fingerprint density at radius 3 is 2.68 bits per heavy atom. The minimum absolute atomic E-state index is 0.0553. The summed E-state index contributed by atoms with van der Waals surface area (Å²) < 4.78 is 10.5. The number of ether oxygens (including phenoxy) is 2. The summed E-state index contributed by atoms with van der Waals surface area (Å²) in [4.78, 5) is 24.5. The van der Waals surface area contributed by atoms with Crippen molar-refractivity contribution in [3.8, 4) is 0 Å². The van der Waals surface area contributed by atoms with Crippen molar-refractivity contribution in [2.45, 2.75) is 32.8 Å². The van der Waals surface area contributed by atoms with E-state index in [1.165, 1.54) is 0 Å². The van der Waals surface area contributed by atoms with Crippen molar-refractivity contribution in [1.29, 1.82) is 0 Å². The van der Waals surface area contributed by atoms with Crippen LogP contribution in [0.4, 0.5) is 10.5 Å². The van der Waals surface area contributed by atoms with Crippen molar-refractivity contribution >= 4 is 29.2 Å². The summed E-state index contributed by atoms with van der Waals surface area (Å²) in [5, 5.41) is 3.04. The molecule has 1 aromatic carbocycles. The number of benzene rings is 1. The molecule has 2 rings (SSSR count). The van der Waals surface area contributed by atoms with Crippen LogP contribution in [0.25, 0.3) is 0 Å². The fourth-order valence-corrected chi connectivity index (χ4v) is 2.38. The third-order valence-electron chi connectivity index (χ3n) is 3.18. The molecule has 1 aromatic rings. The van der Waals surface area contributed by atoms with Crippen LogP contribution in [0, 0.1) is 5.92 Å². The van der Waals surface area contributed by atoms with E-state index in [0.717, 1.165) is 0 Å². The molecule has 22 heavy (non-hydrogen) atoms. The molecule has 1 aliphatic rings. The van der Waals surface area contributed by atoms with Gasteiger partial charge in [0, 0.05) is 23.1 Å². The van der Waals surface area contributed by atoms with Gasteiger partial charge in [-0.05, 0) is 45.4 Å². The first-order chi connectivity index (χ1) is 10.3. The number of anilines is 1. The van der Waals surface area contributed by atoms with E-state index < -0.39 is 11.7 Å². The molecule has 1 saturated heterocycles. The van der Waals surface area contributed by atoms with Crippen LogP contribution in [0.2, 0.25) is 5.02 Å². The van der Waals surface area contributed by atoms with Crippen molar-refractivity contribution in [3.05, 3.63) is 28.8 Å². The lowest BCUT2D eigenvalue weighted by molar-refractivity contribution is 0.0636. The quantitative estimate of drug-likeness (QED) is 0.856. The molecule has 1 N–H and O–H groups in total. The number of carbonyl (C=O) groups excluding carboxylic acids is 2. The second-order valence-electron chi connectivity index (χ2n) is 6.24. The molecular weight excluding hydrogens is 306 g/mol. The van der Waals surface area contributed by atoms with Gasteiger partial charge in [0.25, 0.3) is 0 Å². The van der Waals surface area contributed by atoms with Gasteiger partial charge < -0.3 is 9.47 Å². The van der Waals surface area contributed by atoms with E-state index in [-0.39, 0.29) is 11.7 Å². The Bertz CT molecular complexity index is 574. The molecule has 0 aromatic heterocycles. The summed E-state index contributed by atoms with van der Waals surface area (Å²) in [6, 6.07) is 4.80. The molecule has 0 saturated carbocycles. The van der Waals surface area contributed by atoms with E-state index in [9.17, 15) is 9.59 Å². The molecular formula is C16H20ClNO4. The van der Waals surface area contributed by atoms with Gasteiger partial charge in [0.2, 0.25) is 0 Å². The Morgan fingerprint density at radius 1 is 1.36 bits per heavy atom. The van der Waals surface area contributed by atoms with Crippen LogP contribution in [0.3, 0.4) is 0 Å². The molecule has 1 fully saturated rings. The Labute approximate surface area is 134 Å². The number of Topliss-reactive ketones (excluding diaryl/α,β-unsaturated/α-hetero) is 1. The van der Waals surface area contributed by atoms with Crippen molar-refractivity contribution in [2.24, 2.45) is 5.92 Å². The van der Waals surface area contributed by atoms with Crippen LogP contribution in [0.5, 0.6) is 0 Å². The van der Waals surface area contributed by atoms with Gasteiger partial charge in [-0.1, -0.05) is 11.6 Å². The van der Waals surface area contributed by atoms with Crippen molar-refractivity contribution < 1.29 is 19.1 Å². The van der Waals surface area contributed by atoms with Gasteiger partial charge in [-0.15, -0.1) is 0 Å². The Morgan fingerprint density at radius 2 is 2.09 bits per heavy atom. The number of carbonyl (C=O) groups is 2. The maximum atomic E-state index is 12.5. The standard InChI is InChI=1S/C16H20ClNO4/c1-16(2,3)22-15(20)18-13-8-11(17)4-5-12(13)14(19)10-6-7-21-9-10/h4-5,8,10H,6-7,9H2,1-3H3,(H,18,20)/t10-/m0/s1. The van der Waals surface area contributed by atoms with Gasteiger partial charge in [-0.25, -0.2) is 4.79 Å². The second-order valence-corrected chi connectivity index (χ2v) is 6.68. The Kier molecular flexibility index (Phi) is 5.08. The van der Waals surface area contributed by atoms with Gasteiger partial charge in [0.15, 0.2) is 5.78 Å². The second kappa shape index (κ2) is 6.67. The molecule has 0 aliphatic carbocycles. The molecule has 6 heteroatoms. The lowest BCUT2D eigenvalue weighted by Crippen LogP contribution is -2.28. The molecule has 5 nitrogen and oxygen atoms in total. The van der Waals surface area contributed by atoms with E-state index in [1.54, 1.807) is 39.0 Å². The topological polar surface area (TPSA) is 64.6 Å². The highest BCUT2D eigenvalue weighted by atomic mass is 35.5. The van der Waals surface area contributed by atoms with E-state index in [4.69, 9.17) is 21.1 Å². The van der Waals surface area contributed by atoms with Crippen LogP contribution >= 0.6 is 11.6 Å². The van der Waals surface area contributed by atoms with Gasteiger partial charge in [-0.3, -0.25) is 10.1 Å². The summed E-state index contributed by atoms with van der Waals surface area (Å²) in [5.41, 5.74) is 0.163. The van der Waals surface area contributed by atoms with Crippen LogP contribution in [0.15, 0.2) is 18.2 Å². The third kappa shape index (κ3) is 4.45. The number of hydrogen-bond acceptors (Lipinski definition) is 4. The highest BCUT2D eigenvalue weighted by Crippen LogP contribution is 2.27. The molecule has 1 heterocycles. The highest BCUT2D eigenvalue weighted by Gasteiger charge is 2.27. The summed E-state index contributed by atoms with van der Waals surface area (Å²) in [7, 11) is 0. The summed E-state index contributed by atoms with van der Waals surface area (Å²) in [6.07, 6.45) is 0.0688. The van der Waals surface area contributed by atoms with E-state index in [1.807, 2.05) is 0 Å². The van der Waals surface area contributed by atoms with Crippen molar-refractivity contribution in [3.63, 3.8) is 0 Å². The zero-order valence-corrected chi connectivity index (χ0v) is 13.7. The van der Waals surface area contributed by atoms with Crippen LogP contribution < -0.4 is 5.32 Å². The van der Waals surface area contributed by atoms with Crippen LogP contribution in [-0.2, 0) is 9.47 Å².